The van der Waals surface area contributed by atoms with Crippen LogP contribution in [0.4, 0.5) is 0 Å². The van der Waals surface area contributed by atoms with E-state index in [0.717, 1.165) is 19.4 Å². The average Bonchev–Trinajstić information content (AvgIpc) is 2.91. The summed E-state index contributed by atoms with van der Waals surface area (Å²) in [6, 6.07) is 0. The third-order valence-corrected chi connectivity index (χ3v) is 5.13. The molecule has 1 amide bonds. The quantitative estimate of drug-likeness (QED) is 0.768. The Labute approximate surface area is 109 Å². The van der Waals surface area contributed by atoms with Gasteiger partial charge in [0.1, 0.15) is 0 Å². The molecule has 0 aromatic rings. The van der Waals surface area contributed by atoms with Crippen LogP contribution in [0.2, 0.25) is 0 Å². The standard InChI is InChI=1S/C14H24ClNO/c15-10-14(8-4-1-5-9-14)11-16-13(17)12-6-2-3-7-12/h12H,1-11H2,(H,16,17). The van der Waals surface area contributed by atoms with E-state index in [0.29, 0.717) is 5.88 Å². The van der Waals surface area contributed by atoms with Crippen LogP contribution in [0.15, 0.2) is 0 Å². The molecule has 0 aromatic heterocycles. The Bertz CT molecular complexity index is 255. The average molecular weight is 258 g/mol. The number of amides is 1. The minimum atomic E-state index is 0.189. The monoisotopic (exact) mass is 257 g/mol. The number of hydrogen-bond acceptors (Lipinski definition) is 1. The Hall–Kier alpha value is -0.240. The highest BCUT2D eigenvalue weighted by Gasteiger charge is 2.32. The Kier molecular flexibility index (Phi) is 4.72. The van der Waals surface area contributed by atoms with Gasteiger partial charge in [-0.15, -0.1) is 11.6 Å². The zero-order chi connectivity index (χ0) is 12.1. The lowest BCUT2D eigenvalue weighted by Gasteiger charge is -2.35. The molecule has 2 aliphatic carbocycles. The second kappa shape index (κ2) is 6.08. The normalized spacial score (nSPS) is 24.8. The smallest absolute Gasteiger partial charge is 0.223 e. The molecule has 2 aliphatic rings. The van der Waals surface area contributed by atoms with E-state index in [2.05, 4.69) is 5.32 Å². The molecule has 0 atom stereocenters. The molecule has 0 radical (unpaired) electrons. The van der Waals surface area contributed by atoms with Gasteiger partial charge in [-0.3, -0.25) is 4.79 Å². The molecule has 2 rings (SSSR count). The van der Waals surface area contributed by atoms with Crippen LogP contribution < -0.4 is 5.32 Å². The maximum absolute atomic E-state index is 12.0. The van der Waals surface area contributed by atoms with Crippen LogP contribution in [0.5, 0.6) is 0 Å². The fourth-order valence-corrected chi connectivity index (χ4v) is 3.63. The van der Waals surface area contributed by atoms with Crippen molar-refractivity contribution in [2.45, 2.75) is 57.8 Å². The first-order valence-electron chi connectivity index (χ1n) is 7.09. The molecule has 2 saturated carbocycles. The topological polar surface area (TPSA) is 29.1 Å². The maximum atomic E-state index is 12.0. The molecule has 0 bridgehead atoms. The number of nitrogens with one attached hydrogen (secondary N) is 1. The summed E-state index contributed by atoms with van der Waals surface area (Å²) in [6.07, 6.45) is 10.8. The Balaban J connectivity index is 1.80. The number of alkyl halides is 1. The third kappa shape index (κ3) is 3.37. The maximum Gasteiger partial charge on any atom is 0.223 e. The van der Waals surface area contributed by atoms with Gasteiger partial charge in [-0.2, -0.15) is 0 Å². The van der Waals surface area contributed by atoms with Crippen molar-refractivity contribution in [1.29, 1.82) is 0 Å². The molecule has 0 spiro atoms. The van der Waals surface area contributed by atoms with E-state index in [1.54, 1.807) is 0 Å². The molecular formula is C14H24ClNO. The van der Waals surface area contributed by atoms with Gasteiger partial charge in [0.2, 0.25) is 5.91 Å². The van der Waals surface area contributed by atoms with Gasteiger partial charge < -0.3 is 5.32 Å². The van der Waals surface area contributed by atoms with Crippen molar-refractivity contribution in [3.05, 3.63) is 0 Å². The number of rotatable bonds is 4. The highest BCUT2D eigenvalue weighted by atomic mass is 35.5. The van der Waals surface area contributed by atoms with Crippen LogP contribution in [0.25, 0.3) is 0 Å². The minimum Gasteiger partial charge on any atom is -0.355 e. The number of carbonyl (C=O) groups is 1. The fraction of sp³-hybridized carbons (Fsp3) is 0.929. The molecular weight excluding hydrogens is 234 g/mol. The molecule has 3 heteroatoms. The predicted molar refractivity (Wildman–Crippen MR) is 71.2 cm³/mol. The number of hydrogen-bond donors (Lipinski definition) is 1. The molecule has 98 valence electrons. The second-order valence-corrected chi connectivity index (χ2v) is 6.16. The van der Waals surface area contributed by atoms with E-state index in [1.807, 2.05) is 0 Å². The van der Waals surface area contributed by atoms with E-state index < -0.39 is 0 Å². The van der Waals surface area contributed by atoms with E-state index in [4.69, 9.17) is 11.6 Å². The molecule has 1 N–H and O–H groups in total. The largest absolute Gasteiger partial charge is 0.355 e. The molecule has 0 heterocycles. The van der Waals surface area contributed by atoms with Crippen molar-refractivity contribution in [1.82, 2.24) is 5.32 Å². The van der Waals surface area contributed by atoms with Gasteiger partial charge in [-0.1, -0.05) is 32.1 Å². The molecule has 0 aromatic carbocycles. The van der Waals surface area contributed by atoms with Crippen molar-refractivity contribution >= 4 is 17.5 Å². The summed E-state index contributed by atoms with van der Waals surface area (Å²) in [6.45, 7) is 0.797. The van der Waals surface area contributed by atoms with Crippen molar-refractivity contribution in [3.63, 3.8) is 0 Å². The Morgan fingerprint density at radius 2 is 1.76 bits per heavy atom. The molecule has 0 saturated heterocycles. The highest BCUT2D eigenvalue weighted by Crippen LogP contribution is 2.37. The van der Waals surface area contributed by atoms with Gasteiger partial charge in [0, 0.05) is 23.8 Å². The lowest BCUT2D eigenvalue weighted by atomic mass is 9.75. The zero-order valence-corrected chi connectivity index (χ0v) is 11.4. The molecule has 0 aliphatic heterocycles. The van der Waals surface area contributed by atoms with Crippen LogP contribution in [0.1, 0.15) is 57.8 Å². The lowest BCUT2D eigenvalue weighted by Crippen LogP contribution is -2.42. The minimum absolute atomic E-state index is 0.189. The predicted octanol–water partition coefficient (Wildman–Crippen LogP) is 3.48. The Morgan fingerprint density at radius 1 is 1.12 bits per heavy atom. The van der Waals surface area contributed by atoms with E-state index >= 15 is 0 Å². The van der Waals surface area contributed by atoms with Crippen molar-refractivity contribution < 1.29 is 4.79 Å². The van der Waals surface area contributed by atoms with Gasteiger partial charge in [0.15, 0.2) is 0 Å². The summed E-state index contributed by atoms with van der Waals surface area (Å²) in [7, 11) is 0. The van der Waals surface area contributed by atoms with Crippen molar-refractivity contribution in [3.8, 4) is 0 Å². The molecule has 2 nitrogen and oxygen atoms in total. The second-order valence-electron chi connectivity index (χ2n) is 5.89. The summed E-state index contributed by atoms with van der Waals surface area (Å²) >= 11 is 6.13. The van der Waals surface area contributed by atoms with E-state index in [9.17, 15) is 4.79 Å². The fourth-order valence-electron chi connectivity index (χ4n) is 3.27. The summed E-state index contributed by atoms with van der Waals surface area (Å²) in [5.74, 6) is 1.25. The van der Waals surface area contributed by atoms with Crippen molar-refractivity contribution in [2.24, 2.45) is 11.3 Å². The van der Waals surface area contributed by atoms with Gasteiger partial charge in [-0.05, 0) is 25.7 Å². The third-order valence-electron chi connectivity index (χ3n) is 4.56. The SMILES string of the molecule is O=C(NCC1(CCl)CCCCC1)C1CCCC1. The van der Waals surface area contributed by atoms with Crippen LogP contribution in [-0.4, -0.2) is 18.3 Å². The van der Waals surface area contributed by atoms with Crippen LogP contribution in [0, 0.1) is 11.3 Å². The van der Waals surface area contributed by atoms with E-state index in [-0.39, 0.29) is 17.2 Å². The Morgan fingerprint density at radius 3 is 2.35 bits per heavy atom. The number of halogens is 1. The van der Waals surface area contributed by atoms with Gasteiger partial charge in [0.25, 0.3) is 0 Å². The molecule has 0 unspecified atom stereocenters. The molecule has 2 fully saturated rings. The molecule has 17 heavy (non-hydrogen) atoms. The summed E-state index contributed by atoms with van der Waals surface area (Å²) in [4.78, 5) is 12.0. The van der Waals surface area contributed by atoms with Gasteiger partial charge in [0.05, 0.1) is 0 Å². The first kappa shape index (κ1) is 13.2. The van der Waals surface area contributed by atoms with Crippen LogP contribution in [-0.2, 0) is 4.79 Å². The summed E-state index contributed by atoms with van der Waals surface area (Å²) in [5.41, 5.74) is 0.189. The first-order chi connectivity index (χ1) is 8.26. The van der Waals surface area contributed by atoms with E-state index in [1.165, 1.54) is 44.9 Å². The van der Waals surface area contributed by atoms with Crippen LogP contribution in [0.3, 0.4) is 0 Å². The van der Waals surface area contributed by atoms with Crippen LogP contribution >= 0.6 is 11.6 Å². The van der Waals surface area contributed by atoms with Gasteiger partial charge >= 0.3 is 0 Å². The first-order valence-corrected chi connectivity index (χ1v) is 7.63. The summed E-state index contributed by atoms with van der Waals surface area (Å²) < 4.78 is 0. The highest BCUT2D eigenvalue weighted by molar-refractivity contribution is 6.18. The van der Waals surface area contributed by atoms with Gasteiger partial charge in [-0.25, -0.2) is 0 Å². The van der Waals surface area contributed by atoms with Crippen molar-refractivity contribution in [2.75, 3.05) is 12.4 Å². The lowest BCUT2D eigenvalue weighted by molar-refractivity contribution is -0.125. The zero-order valence-electron chi connectivity index (χ0n) is 10.6. The summed E-state index contributed by atoms with van der Waals surface area (Å²) in [5, 5.41) is 3.16. The number of carbonyl (C=O) groups excluding carboxylic acids is 1.